The zero-order chi connectivity index (χ0) is 49.2. The summed E-state index contributed by atoms with van der Waals surface area (Å²) in [5.74, 6) is 0. The number of aryl methyl sites for hydroxylation is 2. The van der Waals surface area contributed by atoms with Gasteiger partial charge in [0.05, 0.1) is 5.69 Å². The molecule has 0 amide bonds. The normalized spacial score (nSPS) is 14.8. The van der Waals surface area contributed by atoms with E-state index in [4.69, 9.17) is 0 Å². The van der Waals surface area contributed by atoms with E-state index in [2.05, 4.69) is 258 Å². The highest BCUT2D eigenvalue weighted by atomic mass is 15.2. The first-order chi connectivity index (χ1) is 33.1. The second-order valence-electron chi connectivity index (χ2n) is 24.8. The summed E-state index contributed by atoms with van der Waals surface area (Å²) in [5, 5.41) is 0. The molecule has 0 atom stereocenters. The molecule has 0 saturated heterocycles. The van der Waals surface area contributed by atoms with Crippen LogP contribution >= 0.6 is 0 Å². The summed E-state index contributed by atoms with van der Waals surface area (Å²) in [4.78, 5) is 5.23. The van der Waals surface area contributed by atoms with E-state index in [0.717, 1.165) is 18.5 Å². The van der Waals surface area contributed by atoms with Gasteiger partial charge in [-0.3, -0.25) is 0 Å². The van der Waals surface area contributed by atoms with Crippen molar-refractivity contribution in [3.63, 3.8) is 0 Å². The van der Waals surface area contributed by atoms with Crippen molar-refractivity contribution in [1.29, 1.82) is 0 Å². The molecule has 0 bridgehead atoms. The van der Waals surface area contributed by atoms with Crippen molar-refractivity contribution in [1.82, 2.24) is 0 Å². The molecular weight excluding hydrogens is 844 g/mol. The Morgan fingerprint density at radius 2 is 0.943 bits per heavy atom. The van der Waals surface area contributed by atoms with E-state index < -0.39 is 0 Å². The lowest BCUT2D eigenvalue weighted by molar-refractivity contribution is 0.392. The fraction of sp³-hybridized carbons (Fsp3) is 0.284. The van der Waals surface area contributed by atoms with Gasteiger partial charge in [-0.15, -0.1) is 0 Å². The molecule has 2 aliphatic heterocycles. The lowest BCUT2D eigenvalue weighted by atomic mass is 9.33. The van der Waals surface area contributed by atoms with Crippen LogP contribution in [-0.4, -0.2) is 6.71 Å². The van der Waals surface area contributed by atoms with Crippen LogP contribution in [0.1, 0.15) is 115 Å². The molecule has 8 aromatic rings. The van der Waals surface area contributed by atoms with Crippen LogP contribution in [0.15, 0.2) is 158 Å². The van der Waals surface area contributed by atoms with Crippen molar-refractivity contribution in [2.45, 2.75) is 119 Å². The Kier molecular flexibility index (Phi) is 10.6. The standard InChI is InChI=1S/C67H69BN2/c1-42-33-61-63-62(34-42)70(58-32-27-52(66(9,10)11)39-55(58)45-17-15-14-16-18-45)60-38-49-41-67(12,13)40-48(49)37-57(60)68(63)56-36-47(44-19-24-50(25-20-44)64(3,4)5)23-31-59(56)69(61)53-28-21-46(22-29-53)54-30-26-51(35-43(54)2)65(6,7)8/h14-39H,40-41H2,1-13H3. The Bertz CT molecular complexity index is 3350. The summed E-state index contributed by atoms with van der Waals surface area (Å²) in [6.07, 6.45) is 2.15. The molecule has 0 saturated carbocycles. The van der Waals surface area contributed by atoms with E-state index in [1.807, 2.05) is 0 Å². The molecular formula is C67H69BN2. The Hall–Kier alpha value is -6.58. The molecule has 0 spiro atoms. The van der Waals surface area contributed by atoms with Gasteiger partial charge in [0.25, 0.3) is 6.71 Å². The predicted molar refractivity (Wildman–Crippen MR) is 304 cm³/mol. The van der Waals surface area contributed by atoms with Gasteiger partial charge in [0.1, 0.15) is 0 Å². The van der Waals surface area contributed by atoms with Crippen molar-refractivity contribution in [3.05, 3.63) is 197 Å². The number of anilines is 6. The smallest absolute Gasteiger partial charge is 0.252 e. The third-order valence-electron chi connectivity index (χ3n) is 15.7. The van der Waals surface area contributed by atoms with Gasteiger partial charge in [0, 0.05) is 34.0 Å². The zero-order valence-corrected chi connectivity index (χ0v) is 43.9. The van der Waals surface area contributed by atoms with Crippen LogP contribution < -0.4 is 26.2 Å². The number of hydrogen-bond acceptors (Lipinski definition) is 2. The Labute approximate surface area is 419 Å². The highest BCUT2D eigenvalue weighted by Gasteiger charge is 2.45. The van der Waals surface area contributed by atoms with E-state index in [-0.39, 0.29) is 28.4 Å². The molecule has 0 aromatic heterocycles. The summed E-state index contributed by atoms with van der Waals surface area (Å²) < 4.78 is 0. The predicted octanol–water partition coefficient (Wildman–Crippen LogP) is 16.4. The van der Waals surface area contributed by atoms with Crippen LogP contribution in [0.4, 0.5) is 34.1 Å². The monoisotopic (exact) mass is 913 g/mol. The quantitative estimate of drug-likeness (QED) is 0.159. The number of benzene rings is 8. The van der Waals surface area contributed by atoms with Crippen molar-refractivity contribution < 1.29 is 0 Å². The minimum Gasteiger partial charge on any atom is -0.311 e. The van der Waals surface area contributed by atoms with Gasteiger partial charge in [0.2, 0.25) is 0 Å². The molecule has 8 aromatic carbocycles. The van der Waals surface area contributed by atoms with E-state index in [0.29, 0.717) is 0 Å². The van der Waals surface area contributed by atoms with Crippen molar-refractivity contribution in [3.8, 4) is 33.4 Å². The first-order valence-electron chi connectivity index (χ1n) is 25.7. The molecule has 2 heterocycles. The van der Waals surface area contributed by atoms with E-state index in [9.17, 15) is 0 Å². The van der Waals surface area contributed by atoms with Crippen molar-refractivity contribution in [2.24, 2.45) is 5.41 Å². The highest BCUT2D eigenvalue weighted by Crippen LogP contribution is 2.50. The lowest BCUT2D eigenvalue weighted by Crippen LogP contribution is -2.61. The summed E-state index contributed by atoms with van der Waals surface area (Å²) in [6, 6.07) is 61.5. The maximum atomic E-state index is 2.66. The van der Waals surface area contributed by atoms with Gasteiger partial charge in [-0.2, -0.15) is 0 Å². The number of rotatable bonds is 5. The maximum absolute atomic E-state index is 2.66. The minimum atomic E-state index is -0.0129. The third-order valence-corrected chi connectivity index (χ3v) is 15.7. The van der Waals surface area contributed by atoms with Gasteiger partial charge in [-0.05, 0) is 180 Å². The molecule has 2 nitrogen and oxygen atoms in total. The van der Waals surface area contributed by atoms with Gasteiger partial charge >= 0.3 is 0 Å². The van der Waals surface area contributed by atoms with Crippen LogP contribution in [0, 0.1) is 19.3 Å². The van der Waals surface area contributed by atoms with E-state index in [1.165, 1.54) is 117 Å². The number of fused-ring (bicyclic) bond motifs is 5. The van der Waals surface area contributed by atoms with Crippen LogP contribution in [0.5, 0.6) is 0 Å². The molecule has 0 unspecified atom stereocenters. The SMILES string of the molecule is Cc1cc2c3c(c1)N(c1ccc(C(C)(C)C)cc1-c1ccccc1)c1cc4c(cc1B3c1cc(-c3ccc(C(C)(C)C)cc3)ccc1N2c1ccc(-c2ccc(C(C)(C)C)cc2C)cc1)CC(C)(C)C4. The topological polar surface area (TPSA) is 6.48 Å². The van der Waals surface area contributed by atoms with Crippen LogP contribution in [0.25, 0.3) is 33.4 Å². The molecule has 3 heteroatoms. The fourth-order valence-electron chi connectivity index (χ4n) is 11.9. The Morgan fingerprint density at radius 3 is 1.59 bits per heavy atom. The van der Waals surface area contributed by atoms with E-state index >= 15 is 0 Å². The van der Waals surface area contributed by atoms with Crippen molar-refractivity contribution in [2.75, 3.05) is 9.80 Å². The van der Waals surface area contributed by atoms with Gasteiger partial charge in [-0.1, -0.05) is 185 Å². The largest absolute Gasteiger partial charge is 0.311 e. The molecule has 0 N–H and O–H groups in total. The summed E-state index contributed by atoms with van der Waals surface area (Å²) >= 11 is 0. The summed E-state index contributed by atoms with van der Waals surface area (Å²) in [6.45, 7) is 30.2. The number of nitrogens with zero attached hydrogens (tertiary/aromatic N) is 2. The molecule has 0 fully saturated rings. The molecule has 350 valence electrons. The molecule has 0 radical (unpaired) electrons. The maximum Gasteiger partial charge on any atom is 0.252 e. The Morgan fingerprint density at radius 1 is 0.414 bits per heavy atom. The molecule has 1 aliphatic carbocycles. The molecule has 11 rings (SSSR count). The van der Waals surface area contributed by atoms with Gasteiger partial charge in [0.15, 0.2) is 0 Å². The minimum absolute atomic E-state index is 0.0129. The summed E-state index contributed by atoms with van der Waals surface area (Å²) in [7, 11) is 0. The van der Waals surface area contributed by atoms with Crippen LogP contribution in [0.2, 0.25) is 0 Å². The van der Waals surface area contributed by atoms with Crippen LogP contribution in [0.3, 0.4) is 0 Å². The van der Waals surface area contributed by atoms with E-state index in [1.54, 1.807) is 0 Å². The van der Waals surface area contributed by atoms with Gasteiger partial charge < -0.3 is 9.80 Å². The first kappa shape index (κ1) is 45.8. The lowest BCUT2D eigenvalue weighted by Gasteiger charge is -2.45. The third kappa shape index (κ3) is 7.91. The average molecular weight is 913 g/mol. The van der Waals surface area contributed by atoms with Crippen molar-refractivity contribution >= 4 is 57.2 Å². The molecule has 3 aliphatic rings. The van der Waals surface area contributed by atoms with Crippen LogP contribution in [-0.2, 0) is 29.1 Å². The molecule has 70 heavy (non-hydrogen) atoms. The average Bonchev–Trinajstić information content (AvgIpc) is 3.62. The number of hydrogen-bond donors (Lipinski definition) is 0. The highest BCUT2D eigenvalue weighted by molar-refractivity contribution is 7.00. The summed E-state index contributed by atoms with van der Waals surface area (Å²) in [5.41, 5.74) is 28.9. The van der Waals surface area contributed by atoms with Gasteiger partial charge in [-0.25, -0.2) is 0 Å². The second-order valence-corrected chi connectivity index (χ2v) is 24.8. The first-order valence-corrected chi connectivity index (χ1v) is 25.7. The zero-order valence-electron chi connectivity index (χ0n) is 43.9. The Balaban J connectivity index is 1.18. The fourth-order valence-corrected chi connectivity index (χ4v) is 11.9. The second kappa shape index (κ2) is 16.2.